The van der Waals surface area contributed by atoms with Crippen molar-refractivity contribution in [3.05, 3.63) is 42.2 Å². The Morgan fingerprint density at radius 2 is 2.36 bits per heavy atom. The number of ether oxygens (including phenoxy) is 1. The van der Waals surface area contributed by atoms with Gasteiger partial charge >= 0.3 is 5.97 Å². The SMILES string of the molecule is C=CCC(=O)Oc1ccc(F)c(C)c1. The summed E-state index contributed by atoms with van der Waals surface area (Å²) < 4.78 is 17.7. The summed E-state index contributed by atoms with van der Waals surface area (Å²) in [5, 5.41) is 0. The van der Waals surface area contributed by atoms with Gasteiger partial charge in [0.1, 0.15) is 11.6 Å². The highest BCUT2D eigenvalue weighted by Crippen LogP contribution is 2.16. The zero-order valence-corrected chi connectivity index (χ0v) is 7.92. The van der Waals surface area contributed by atoms with Crippen molar-refractivity contribution in [3.63, 3.8) is 0 Å². The van der Waals surface area contributed by atoms with E-state index in [9.17, 15) is 9.18 Å². The standard InChI is InChI=1S/C11H11FO2/c1-3-4-11(13)14-9-5-6-10(12)8(2)7-9/h3,5-7H,1,4H2,2H3. The van der Waals surface area contributed by atoms with Crippen LogP contribution >= 0.6 is 0 Å². The number of rotatable bonds is 3. The highest BCUT2D eigenvalue weighted by molar-refractivity contribution is 5.73. The molecule has 0 saturated carbocycles. The minimum Gasteiger partial charge on any atom is -0.426 e. The lowest BCUT2D eigenvalue weighted by molar-refractivity contribution is -0.133. The first-order valence-electron chi connectivity index (χ1n) is 4.21. The molecule has 1 aromatic rings. The summed E-state index contributed by atoms with van der Waals surface area (Å²) in [5.74, 6) is -0.352. The van der Waals surface area contributed by atoms with E-state index in [1.54, 1.807) is 6.92 Å². The Morgan fingerprint density at radius 1 is 1.64 bits per heavy atom. The summed E-state index contributed by atoms with van der Waals surface area (Å²) in [5.41, 5.74) is 0.453. The van der Waals surface area contributed by atoms with Gasteiger partial charge in [-0.1, -0.05) is 6.08 Å². The molecule has 0 unspecified atom stereocenters. The Kier molecular flexibility index (Phi) is 3.40. The number of halogens is 1. The zero-order valence-electron chi connectivity index (χ0n) is 7.92. The highest BCUT2D eigenvalue weighted by atomic mass is 19.1. The monoisotopic (exact) mass is 194 g/mol. The molecule has 0 amide bonds. The normalized spacial score (nSPS) is 9.57. The smallest absolute Gasteiger partial charge is 0.315 e. The van der Waals surface area contributed by atoms with Crippen LogP contribution in [0.25, 0.3) is 0 Å². The molecule has 0 aliphatic heterocycles. The van der Waals surface area contributed by atoms with Gasteiger partial charge in [-0.3, -0.25) is 4.79 Å². The van der Waals surface area contributed by atoms with Gasteiger partial charge in [0.15, 0.2) is 0 Å². The molecular formula is C11H11FO2. The van der Waals surface area contributed by atoms with E-state index >= 15 is 0 Å². The maximum Gasteiger partial charge on any atom is 0.315 e. The van der Waals surface area contributed by atoms with Gasteiger partial charge in [0, 0.05) is 0 Å². The van der Waals surface area contributed by atoms with Crippen LogP contribution in [0.15, 0.2) is 30.9 Å². The average molecular weight is 194 g/mol. The molecule has 0 N–H and O–H groups in total. The fourth-order valence-electron chi connectivity index (χ4n) is 0.972. The van der Waals surface area contributed by atoms with E-state index in [0.717, 1.165) is 0 Å². The summed E-state index contributed by atoms with van der Waals surface area (Å²) in [6.07, 6.45) is 1.61. The molecule has 0 spiro atoms. The van der Waals surface area contributed by atoms with Crippen molar-refractivity contribution < 1.29 is 13.9 Å². The Balaban J connectivity index is 2.72. The van der Waals surface area contributed by atoms with E-state index in [2.05, 4.69) is 6.58 Å². The molecule has 14 heavy (non-hydrogen) atoms. The van der Waals surface area contributed by atoms with Crippen LogP contribution in [0.1, 0.15) is 12.0 Å². The van der Waals surface area contributed by atoms with Crippen molar-refractivity contribution in [2.24, 2.45) is 0 Å². The minimum atomic E-state index is -0.397. The van der Waals surface area contributed by atoms with Crippen molar-refractivity contribution in [1.82, 2.24) is 0 Å². The van der Waals surface area contributed by atoms with Gasteiger partial charge < -0.3 is 4.74 Å². The van der Waals surface area contributed by atoms with Gasteiger partial charge in [-0.25, -0.2) is 4.39 Å². The predicted octanol–water partition coefficient (Wildman–Crippen LogP) is 2.62. The minimum absolute atomic E-state index is 0.149. The van der Waals surface area contributed by atoms with Gasteiger partial charge in [-0.15, -0.1) is 6.58 Å². The van der Waals surface area contributed by atoms with E-state index in [1.165, 1.54) is 24.3 Å². The molecule has 0 fully saturated rings. The number of hydrogen-bond donors (Lipinski definition) is 0. The number of hydrogen-bond acceptors (Lipinski definition) is 2. The van der Waals surface area contributed by atoms with Crippen molar-refractivity contribution >= 4 is 5.97 Å². The van der Waals surface area contributed by atoms with Crippen LogP contribution in [0.4, 0.5) is 4.39 Å². The van der Waals surface area contributed by atoms with Crippen LogP contribution < -0.4 is 4.74 Å². The number of carbonyl (C=O) groups excluding carboxylic acids is 1. The molecule has 0 radical (unpaired) electrons. The lowest BCUT2D eigenvalue weighted by atomic mass is 10.2. The third kappa shape index (κ3) is 2.69. The van der Waals surface area contributed by atoms with Gasteiger partial charge in [0.25, 0.3) is 0 Å². The van der Waals surface area contributed by atoms with E-state index in [1.807, 2.05) is 0 Å². The quantitative estimate of drug-likeness (QED) is 0.420. The second-order valence-electron chi connectivity index (χ2n) is 2.88. The summed E-state index contributed by atoms with van der Waals surface area (Å²) >= 11 is 0. The van der Waals surface area contributed by atoms with Gasteiger partial charge in [0.2, 0.25) is 0 Å². The number of esters is 1. The van der Waals surface area contributed by atoms with Crippen molar-refractivity contribution in [2.45, 2.75) is 13.3 Å². The summed E-state index contributed by atoms with van der Waals surface area (Å²) in [4.78, 5) is 11.0. The van der Waals surface area contributed by atoms with Gasteiger partial charge in [-0.05, 0) is 30.7 Å². The van der Waals surface area contributed by atoms with Gasteiger partial charge in [-0.2, -0.15) is 0 Å². The highest BCUT2D eigenvalue weighted by Gasteiger charge is 2.04. The van der Waals surface area contributed by atoms with Gasteiger partial charge in [0.05, 0.1) is 6.42 Å². The van der Waals surface area contributed by atoms with Crippen LogP contribution in [0.5, 0.6) is 5.75 Å². The van der Waals surface area contributed by atoms with E-state index in [4.69, 9.17) is 4.74 Å². The molecule has 0 saturated heterocycles. The lowest BCUT2D eigenvalue weighted by Gasteiger charge is -2.03. The molecule has 0 aliphatic rings. The molecule has 2 nitrogen and oxygen atoms in total. The molecule has 1 rings (SSSR count). The largest absolute Gasteiger partial charge is 0.426 e. The van der Waals surface area contributed by atoms with Crippen LogP contribution in [0.2, 0.25) is 0 Å². The number of aryl methyl sites for hydroxylation is 1. The molecule has 1 aromatic carbocycles. The summed E-state index contributed by atoms with van der Waals surface area (Å²) in [6, 6.07) is 4.17. The fourth-order valence-corrected chi connectivity index (χ4v) is 0.972. The molecule has 0 aromatic heterocycles. The second kappa shape index (κ2) is 4.56. The molecule has 3 heteroatoms. The summed E-state index contributed by atoms with van der Waals surface area (Å²) in [6.45, 7) is 5.02. The third-order valence-corrected chi connectivity index (χ3v) is 1.67. The topological polar surface area (TPSA) is 26.3 Å². The molecule has 0 atom stereocenters. The Hall–Kier alpha value is -1.64. The fraction of sp³-hybridized carbons (Fsp3) is 0.182. The molecule has 0 bridgehead atoms. The Labute approximate surface area is 82.0 Å². The van der Waals surface area contributed by atoms with Crippen molar-refractivity contribution in [1.29, 1.82) is 0 Å². The van der Waals surface area contributed by atoms with Crippen LogP contribution in [-0.4, -0.2) is 5.97 Å². The first-order valence-corrected chi connectivity index (χ1v) is 4.21. The van der Waals surface area contributed by atoms with Crippen LogP contribution in [0, 0.1) is 12.7 Å². The van der Waals surface area contributed by atoms with Crippen molar-refractivity contribution in [2.75, 3.05) is 0 Å². The zero-order chi connectivity index (χ0) is 10.6. The predicted molar refractivity (Wildman–Crippen MR) is 51.6 cm³/mol. The van der Waals surface area contributed by atoms with Crippen LogP contribution in [0.3, 0.4) is 0 Å². The Morgan fingerprint density at radius 3 is 2.93 bits per heavy atom. The molecule has 0 heterocycles. The molecular weight excluding hydrogens is 183 g/mol. The Bertz CT molecular complexity index is 358. The van der Waals surface area contributed by atoms with Crippen LogP contribution in [-0.2, 0) is 4.79 Å². The first kappa shape index (κ1) is 10.4. The number of carbonyl (C=O) groups is 1. The third-order valence-electron chi connectivity index (χ3n) is 1.67. The maximum absolute atomic E-state index is 12.8. The van der Waals surface area contributed by atoms with E-state index < -0.39 is 5.97 Å². The maximum atomic E-state index is 12.8. The average Bonchev–Trinajstić information content (AvgIpc) is 2.12. The second-order valence-corrected chi connectivity index (χ2v) is 2.88. The molecule has 74 valence electrons. The molecule has 0 aliphatic carbocycles. The van der Waals surface area contributed by atoms with E-state index in [-0.39, 0.29) is 12.2 Å². The first-order chi connectivity index (χ1) is 6.63. The lowest BCUT2D eigenvalue weighted by Crippen LogP contribution is -2.06. The van der Waals surface area contributed by atoms with Crippen molar-refractivity contribution in [3.8, 4) is 5.75 Å². The van der Waals surface area contributed by atoms with E-state index in [0.29, 0.717) is 11.3 Å². The number of benzene rings is 1. The summed E-state index contributed by atoms with van der Waals surface area (Å²) in [7, 11) is 0.